The van der Waals surface area contributed by atoms with Gasteiger partial charge in [0.25, 0.3) is 5.91 Å². The third-order valence-corrected chi connectivity index (χ3v) is 4.97. The SMILES string of the molecule is Cc1noc(C)c1COc1ccc(C(=O)NCC(O)COc2ccc3c(c2)OCO3)cc1. The molecule has 2 heterocycles. The van der Waals surface area contributed by atoms with E-state index in [-0.39, 0.29) is 25.9 Å². The highest BCUT2D eigenvalue weighted by molar-refractivity contribution is 5.94. The lowest BCUT2D eigenvalue weighted by Crippen LogP contribution is -2.35. The Kier molecular flexibility index (Phi) is 6.46. The highest BCUT2D eigenvalue weighted by Crippen LogP contribution is 2.35. The summed E-state index contributed by atoms with van der Waals surface area (Å²) in [6, 6.07) is 11.9. The monoisotopic (exact) mass is 440 g/mol. The number of aliphatic hydroxyl groups excluding tert-OH is 1. The molecule has 9 heteroatoms. The smallest absolute Gasteiger partial charge is 0.251 e. The van der Waals surface area contributed by atoms with Crippen LogP contribution < -0.4 is 24.3 Å². The van der Waals surface area contributed by atoms with Crippen molar-refractivity contribution in [3.8, 4) is 23.0 Å². The Bertz CT molecular complexity index is 1060. The number of aliphatic hydroxyl groups is 1. The fraction of sp³-hybridized carbons (Fsp3) is 0.304. The molecule has 1 amide bonds. The van der Waals surface area contributed by atoms with Crippen LogP contribution in [0.15, 0.2) is 47.0 Å². The predicted octanol–water partition coefficient (Wildman–Crippen LogP) is 2.77. The number of nitrogens with zero attached hydrogens (tertiary/aromatic N) is 1. The van der Waals surface area contributed by atoms with Gasteiger partial charge in [-0.3, -0.25) is 4.79 Å². The first-order valence-electron chi connectivity index (χ1n) is 10.1. The molecular weight excluding hydrogens is 416 g/mol. The van der Waals surface area contributed by atoms with Crippen LogP contribution in [0.1, 0.15) is 27.4 Å². The Hall–Kier alpha value is -3.72. The number of carbonyl (C=O) groups excluding carboxylic acids is 1. The van der Waals surface area contributed by atoms with E-state index in [1.165, 1.54) is 0 Å². The summed E-state index contributed by atoms with van der Waals surface area (Å²) in [5, 5.41) is 16.7. The van der Waals surface area contributed by atoms with Crippen molar-refractivity contribution in [2.24, 2.45) is 0 Å². The van der Waals surface area contributed by atoms with Crippen LogP contribution in [0.5, 0.6) is 23.0 Å². The molecule has 4 rings (SSSR count). The summed E-state index contributed by atoms with van der Waals surface area (Å²) >= 11 is 0. The van der Waals surface area contributed by atoms with Crippen LogP contribution in [0, 0.1) is 13.8 Å². The fourth-order valence-electron chi connectivity index (χ4n) is 3.10. The van der Waals surface area contributed by atoms with Gasteiger partial charge in [-0.2, -0.15) is 0 Å². The minimum absolute atomic E-state index is 0.0222. The summed E-state index contributed by atoms with van der Waals surface area (Å²) in [6.45, 7) is 4.28. The van der Waals surface area contributed by atoms with E-state index in [1.54, 1.807) is 42.5 Å². The number of amides is 1. The Morgan fingerprint density at radius 1 is 1.09 bits per heavy atom. The first-order valence-corrected chi connectivity index (χ1v) is 10.1. The van der Waals surface area contributed by atoms with Crippen molar-refractivity contribution in [2.45, 2.75) is 26.6 Å². The van der Waals surface area contributed by atoms with Crippen LogP contribution in [0.2, 0.25) is 0 Å². The number of ether oxygens (including phenoxy) is 4. The van der Waals surface area contributed by atoms with Gasteiger partial charge in [-0.05, 0) is 50.2 Å². The van der Waals surface area contributed by atoms with E-state index < -0.39 is 6.10 Å². The normalized spacial score (nSPS) is 13.0. The number of benzene rings is 2. The Morgan fingerprint density at radius 3 is 2.59 bits per heavy atom. The van der Waals surface area contributed by atoms with E-state index >= 15 is 0 Å². The average Bonchev–Trinajstić information content (AvgIpc) is 3.40. The second-order valence-corrected chi connectivity index (χ2v) is 7.31. The van der Waals surface area contributed by atoms with Crippen molar-refractivity contribution >= 4 is 5.91 Å². The van der Waals surface area contributed by atoms with E-state index in [4.69, 9.17) is 23.5 Å². The lowest BCUT2D eigenvalue weighted by molar-refractivity contribution is 0.0843. The van der Waals surface area contributed by atoms with Crippen molar-refractivity contribution in [2.75, 3.05) is 19.9 Å². The van der Waals surface area contributed by atoms with E-state index in [0.717, 1.165) is 17.0 Å². The number of rotatable bonds is 9. The molecule has 0 saturated carbocycles. The Labute approximate surface area is 184 Å². The molecule has 0 fully saturated rings. The molecule has 0 aliphatic carbocycles. The van der Waals surface area contributed by atoms with Gasteiger partial charge in [0.2, 0.25) is 6.79 Å². The van der Waals surface area contributed by atoms with Gasteiger partial charge < -0.3 is 33.9 Å². The van der Waals surface area contributed by atoms with Crippen molar-refractivity contribution in [1.82, 2.24) is 10.5 Å². The molecule has 0 spiro atoms. The molecule has 9 nitrogen and oxygen atoms in total. The van der Waals surface area contributed by atoms with Gasteiger partial charge in [-0.25, -0.2) is 0 Å². The molecule has 2 N–H and O–H groups in total. The molecule has 1 atom stereocenters. The molecule has 1 aromatic heterocycles. The molecule has 1 aliphatic heterocycles. The standard InChI is InChI=1S/C23H24N2O7/c1-14-20(15(2)32-25-14)12-29-18-5-3-16(4-6-18)23(27)24-10-17(26)11-28-19-7-8-21-22(9-19)31-13-30-21/h3-9,17,26H,10-13H2,1-2H3,(H,24,27). The fourth-order valence-corrected chi connectivity index (χ4v) is 3.10. The maximum atomic E-state index is 12.3. The van der Waals surface area contributed by atoms with Crippen molar-refractivity contribution in [3.05, 3.63) is 65.0 Å². The molecule has 168 valence electrons. The first-order chi connectivity index (χ1) is 15.5. The van der Waals surface area contributed by atoms with Crippen LogP contribution in [0.4, 0.5) is 0 Å². The van der Waals surface area contributed by atoms with Gasteiger partial charge >= 0.3 is 0 Å². The quantitative estimate of drug-likeness (QED) is 0.522. The van der Waals surface area contributed by atoms with Gasteiger partial charge in [0.05, 0.1) is 11.3 Å². The van der Waals surface area contributed by atoms with Gasteiger partial charge in [0.1, 0.15) is 36.6 Å². The average molecular weight is 440 g/mol. The van der Waals surface area contributed by atoms with Gasteiger partial charge in [-0.15, -0.1) is 0 Å². The van der Waals surface area contributed by atoms with Crippen molar-refractivity contribution < 1.29 is 33.4 Å². The first kappa shape index (κ1) is 21.5. The molecule has 0 radical (unpaired) electrons. The number of aryl methyl sites for hydroxylation is 2. The number of carbonyl (C=O) groups is 1. The van der Waals surface area contributed by atoms with E-state index in [0.29, 0.717) is 35.2 Å². The van der Waals surface area contributed by atoms with Crippen LogP contribution in [0.3, 0.4) is 0 Å². The van der Waals surface area contributed by atoms with Crippen molar-refractivity contribution in [1.29, 1.82) is 0 Å². The van der Waals surface area contributed by atoms with Crippen LogP contribution in [-0.4, -0.2) is 42.2 Å². The summed E-state index contributed by atoms with van der Waals surface area (Å²) < 4.78 is 26.9. The molecule has 0 saturated heterocycles. The summed E-state index contributed by atoms with van der Waals surface area (Å²) in [5.74, 6) is 2.85. The number of fused-ring (bicyclic) bond motifs is 1. The summed E-state index contributed by atoms with van der Waals surface area (Å²) in [6.07, 6.45) is -0.873. The number of hydrogen-bond donors (Lipinski definition) is 2. The van der Waals surface area contributed by atoms with Gasteiger partial charge in [0, 0.05) is 18.2 Å². The third kappa shape index (κ3) is 5.12. The molecule has 1 aliphatic rings. The highest BCUT2D eigenvalue weighted by Gasteiger charge is 2.15. The van der Waals surface area contributed by atoms with E-state index in [2.05, 4.69) is 10.5 Å². The molecule has 32 heavy (non-hydrogen) atoms. The number of nitrogens with one attached hydrogen (secondary N) is 1. The second kappa shape index (κ2) is 9.61. The zero-order valence-corrected chi connectivity index (χ0v) is 17.8. The summed E-state index contributed by atoms with van der Waals surface area (Å²) in [7, 11) is 0. The molecule has 2 aromatic carbocycles. The predicted molar refractivity (Wildman–Crippen MR) is 113 cm³/mol. The van der Waals surface area contributed by atoms with E-state index in [9.17, 15) is 9.90 Å². The number of hydrogen-bond acceptors (Lipinski definition) is 8. The number of aromatic nitrogens is 1. The summed E-state index contributed by atoms with van der Waals surface area (Å²) in [4.78, 5) is 12.3. The van der Waals surface area contributed by atoms with Gasteiger partial charge in [0.15, 0.2) is 11.5 Å². The topological polar surface area (TPSA) is 112 Å². The molecule has 1 unspecified atom stereocenters. The minimum Gasteiger partial charge on any atom is -0.491 e. The Balaban J connectivity index is 1.21. The van der Waals surface area contributed by atoms with Crippen LogP contribution in [0.25, 0.3) is 0 Å². The van der Waals surface area contributed by atoms with Crippen LogP contribution >= 0.6 is 0 Å². The molecule has 3 aromatic rings. The Morgan fingerprint density at radius 2 is 1.84 bits per heavy atom. The molecular formula is C23H24N2O7. The lowest BCUT2D eigenvalue weighted by Gasteiger charge is -2.14. The minimum atomic E-state index is -0.873. The lowest BCUT2D eigenvalue weighted by atomic mass is 10.2. The van der Waals surface area contributed by atoms with Crippen molar-refractivity contribution in [3.63, 3.8) is 0 Å². The maximum Gasteiger partial charge on any atom is 0.251 e. The third-order valence-electron chi connectivity index (χ3n) is 4.97. The maximum absolute atomic E-state index is 12.3. The molecule has 0 bridgehead atoms. The van der Waals surface area contributed by atoms with Gasteiger partial charge in [-0.1, -0.05) is 5.16 Å². The summed E-state index contributed by atoms with van der Waals surface area (Å²) in [5.41, 5.74) is 2.15. The highest BCUT2D eigenvalue weighted by atomic mass is 16.7. The zero-order chi connectivity index (χ0) is 22.5. The van der Waals surface area contributed by atoms with E-state index in [1.807, 2.05) is 13.8 Å². The zero-order valence-electron chi connectivity index (χ0n) is 17.8. The van der Waals surface area contributed by atoms with Crippen LogP contribution in [-0.2, 0) is 6.61 Å². The second-order valence-electron chi connectivity index (χ2n) is 7.31. The largest absolute Gasteiger partial charge is 0.491 e.